The molecule has 18 heavy (non-hydrogen) atoms. The first-order valence-corrected chi connectivity index (χ1v) is 6.59. The molecule has 2 aromatic rings. The topological polar surface area (TPSA) is 67.8 Å². The molecular formula is C14H19N3O. The maximum absolute atomic E-state index is 5.93. The van der Waals surface area contributed by atoms with Crippen molar-refractivity contribution >= 4 is 0 Å². The van der Waals surface area contributed by atoms with Crippen molar-refractivity contribution in [3.05, 3.63) is 29.9 Å². The van der Waals surface area contributed by atoms with Crippen molar-refractivity contribution < 1.29 is 4.42 Å². The van der Waals surface area contributed by atoms with Crippen molar-refractivity contribution in [3.8, 4) is 11.5 Å². The standard InChI is InChI=1S/C14H19N3O/c1-9-2-7-13(18-9)12-8-16-14(17-12)10-3-5-11(15)6-4-10/h2,7-8,10-11H,3-6,15H2,1H3,(H,16,17). The van der Waals surface area contributed by atoms with E-state index in [1.54, 1.807) is 0 Å². The van der Waals surface area contributed by atoms with Gasteiger partial charge in [0.05, 0.1) is 6.20 Å². The third-order valence-corrected chi connectivity index (χ3v) is 3.76. The maximum atomic E-state index is 5.93. The highest BCUT2D eigenvalue weighted by molar-refractivity contribution is 5.51. The lowest BCUT2D eigenvalue weighted by Gasteiger charge is -2.24. The minimum Gasteiger partial charge on any atom is -0.460 e. The molecule has 0 radical (unpaired) electrons. The summed E-state index contributed by atoms with van der Waals surface area (Å²) in [6, 6.07) is 4.32. The molecule has 0 amide bonds. The second-order valence-electron chi connectivity index (χ2n) is 5.20. The first-order chi connectivity index (χ1) is 8.72. The molecule has 0 aromatic carbocycles. The second kappa shape index (κ2) is 4.61. The minimum atomic E-state index is 0.378. The highest BCUT2D eigenvalue weighted by atomic mass is 16.3. The molecule has 0 atom stereocenters. The highest BCUT2D eigenvalue weighted by Gasteiger charge is 2.22. The summed E-state index contributed by atoms with van der Waals surface area (Å²) in [6.07, 6.45) is 6.32. The van der Waals surface area contributed by atoms with Crippen LogP contribution in [0.25, 0.3) is 11.5 Å². The first kappa shape index (κ1) is 11.5. The number of nitrogens with one attached hydrogen (secondary N) is 1. The molecule has 1 aliphatic rings. The Hall–Kier alpha value is -1.55. The Bertz CT molecular complexity index is 521. The number of H-pyrrole nitrogens is 1. The summed E-state index contributed by atoms with van der Waals surface area (Å²) < 4.78 is 5.60. The van der Waals surface area contributed by atoms with E-state index in [0.717, 1.165) is 48.7 Å². The Balaban J connectivity index is 1.77. The zero-order chi connectivity index (χ0) is 12.5. The van der Waals surface area contributed by atoms with Crippen molar-refractivity contribution in [1.82, 2.24) is 9.97 Å². The summed E-state index contributed by atoms with van der Waals surface area (Å²) in [5.41, 5.74) is 6.89. The molecule has 4 heteroatoms. The van der Waals surface area contributed by atoms with E-state index in [-0.39, 0.29) is 0 Å². The zero-order valence-corrected chi connectivity index (χ0v) is 10.6. The van der Waals surface area contributed by atoms with E-state index < -0.39 is 0 Å². The lowest BCUT2D eigenvalue weighted by Crippen LogP contribution is -2.26. The number of hydrogen-bond donors (Lipinski definition) is 2. The van der Waals surface area contributed by atoms with E-state index in [2.05, 4.69) is 9.97 Å². The maximum Gasteiger partial charge on any atom is 0.152 e. The van der Waals surface area contributed by atoms with Crippen LogP contribution in [0.1, 0.15) is 43.2 Å². The second-order valence-corrected chi connectivity index (χ2v) is 5.20. The molecule has 3 N–H and O–H groups in total. The lowest BCUT2D eigenvalue weighted by molar-refractivity contribution is 0.386. The molecule has 0 saturated heterocycles. The average molecular weight is 245 g/mol. The number of rotatable bonds is 2. The Morgan fingerprint density at radius 3 is 2.72 bits per heavy atom. The first-order valence-electron chi connectivity index (χ1n) is 6.59. The Kier molecular flexibility index (Phi) is 2.96. The monoisotopic (exact) mass is 245 g/mol. The number of nitrogens with zero attached hydrogens (tertiary/aromatic N) is 1. The fraction of sp³-hybridized carbons (Fsp3) is 0.500. The number of imidazole rings is 1. The van der Waals surface area contributed by atoms with Crippen LogP contribution in [0.4, 0.5) is 0 Å². The summed E-state index contributed by atoms with van der Waals surface area (Å²) in [5, 5.41) is 0. The van der Waals surface area contributed by atoms with E-state index in [1.165, 1.54) is 0 Å². The fourth-order valence-electron chi connectivity index (χ4n) is 2.64. The zero-order valence-electron chi connectivity index (χ0n) is 10.6. The average Bonchev–Trinajstić information content (AvgIpc) is 2.98. The van der Waals surface area contributed by atoms with E-state index in [9.17, 15) is 0 Å². The molecule has 0 aliphatic heterocycles. The smallest absolute Gasteiger partial charge is 0.152 e. The van der Waals surface area contributed by atoms with Crippen molar-refractivity contribution in [2.75, 3.05) is 0 Å². The largest absolute Gasteiger partial charge is 0.460 e. The van der Waals surface area contributed by atoms with E-state index in [1.807, 2.05) is 25.3 Å². The van der Waals surface area contributed by atoms with Crippen LogP contribution >= 0.6 is 0 Å². The quantitative estimate of drug-likeness (QED) is 0.854. The van der Waals surface area contributed by atoms with Gasteiger partial charge in [0.2, 0.25) is 0 Å². The van der Waals surface area contributed by atoms with Crippen molar-refractivity contribution in [2.45, 2.75) is 44.6 Å². The van der Waals surface area contributed by atoms with Gasteiger partial charge in [0.15, 0.2) is 5.76 Å². The summed E-state index contributed by atoms with van der Waals surface area (Å²) in [5.74, 6) is 3.38. The van der Waals surface area contributed by atoms with E-state index in [4.69, 9.17) is 10.2 Å². The van der Waals surface area contributed by atoms with Gasteiger partial charge < -0.3 is 15.1 Å². The van der Waals surface area contributed by atoms with Crippen molar-refractivity contribution in [2.24, 2.45) is 5.73 Å². The predicted octanol–water partition coefficient (Wildman–Crippen LogP) is 2.96. The van der Waals surface area contributed by atoms with Gasteiger partial charge >= 0.3 is 0 Å². The molecule has 0 spiro atoms. The van der Waals surface area contributed by atoms with Crippen LogP contribution in [0, 0.1) is 6.92 Å². The third-order valence-electron chi connectivity index (χ3n) is 3.76. The third kappa shape index (κ3) is 2.20. The van der Waals surface area contributed by atoms with Gasteiger partial charge in [0.25, 0.3) is 0 Å². The summed E-state index contributed by atoms with van der Waals surface area (Å²) in [4.78, 5) is 7.88. The number of furan rings is 1. The Labute approximate surface area is 107 Å². The molecule has 2 heterocycles. The van der Waals surface area contributed by atoms with Gasteiger partial charge in [-0.15, -0.1) is 0 Å². The summed E-state index contributed by atoms with van der Waals surface area (Å²) in [6.45, 7) is 1.95. The lowest BCUT2D eigenvalue weighted by atomic mass is 9.86. The number of hydrogen-bond acceptors (Lipinski definition) is 3. The van der Waals surface area contributed by atoms with Crippen LogP contribution in [0.15, 0.2) is 22.7 Å². The molecule has 1 saturated carbocycles. The van der Waals surface area contributed by atoms with Gasteiger partial charge in [-0.05, 0) is 44.7 Å². The minimum absolute atomic E-state index is 0.378. The van der Waals surface area contributed by atoms with Gasteiger partial charge in [-0.1, -0.05) is 0 Å². The van der Waals surface area contributed by atoms with Crippen LogP contribution in [-0.4, -0.2) is 16.0 Å². The summed E-state index contributed by atoms with van der Waals surface area (Å²) >= 11 is 0. The molecule has 3 rings (SSSR count). The number of aromatic amines is 1. The van der Waals surface area contributed by atoms with Gasteiger partial charge in [0, 0.05) is 12.0 Å². The molecule has 0 bridgehead atoms. The van der Waals surface area contributed by atoms with Crippen LogP contribution in [0.5, 0.6) is 0 Å². The fourth-order valence-corrected chi connectivity index (χ4v) is 2.64. The van der Waals surface area contributed by atoms with Gasteiger partial charge in [0.1, 0.15) is 17.3 Å². The molecule has 0 unspecified atom stereocenters. The van der Waals surface area contributed by atoms with Crippen molar-refractivity contribution in [1.29, 1.82) is 0 Å². The van der Waals surface area contributed by atoms with Gasteiger partial charge in [-0.3, -0.25) is 0 Å². The number of nitrogens with two attached hydrogens (primary N) is 1. The van der Waals surface area contributed by atoms with Crippen molar-refractivity contribution in [3.63, 3.8) is 0 Å². The normalized spacial score (nSPS) is 24.3. The Morgan fingerprint density at radius 2 is 2.06 bits per heavy atom. The molecule has 96 valence electrons. The van der Waals surface area contributed by atoms with Gasteiger partial charge in [-0.25, -0.2) is 4.98 Å². The van der Waals surface area contributed by atoms with Crippen LogP contribution in [-0.2, 0) is 0 Å². The molecule has 2 aromatic heterocycles. The van der Waals surface area contributed by atoms with Crippen LogP contribution < -0.4 is 5.73 Å². The molecule has 1 aliphatic carbocycles. The molecular weight excluding hydrogens is 226 g/mol. The van der Waals surface area contributed by atoms with Gasteiger partial charge in [-0.2, -0.15) is 0 Å². The van der Waals surface area contributed by atoms with Crippen LogP contribution in [0.3, 0.4) is 0 Å². The van der Waals surface area contributed by atoms with Crippen LogP contribution in [0.2, 0.25) is 0 Å². The molecule has 1 fully saturated rings. The van der Waals surface area contributed by atoms with E-state index >= 15 is 0 Å². The highest BCUT2D eigenvalue weighted by Crippen LogP contribution is 2.31. The Morgan fingerprint density at radius 1 is 1.28 bits per heavy atom. The summed E-state index contributed by atoms with van der Waals surface area (Å²) in [7, 11) is 0. The molecule has 4 nitrogen and oxygen atoms in total. The number of aromatic nitrogens is 2. The number of aryl methyl sites for hydroxylation is 1. The van der Waals surface area contributed by atoms with E-state index in [0.29, 0.717) is 12.0 Å². The predicted molar refractivity (Wildman–Crippen MR) is 70.2 cm³/mol. The SMILES string of the molecule is Cc1ccc(-c2cnc(C3CCC(N)CC3)[nH]2)o1.